The van der Waals surface area contributed by atoms with E-state index in [0.717, 1.165) is 33.8 Å². The van der Waals surface area contributed by atoms with Gasteiger partial charge in [0, 0.05) is 33.8 Å². The van der Waals surface area contributed by atoms with Gasteiger partial charge in [0.05, 0.1) is 5.56 Å². The molecule has 0 amide bonds. The van der Waals surface area contributed by atoms with Gasteiger partial charge in [-0.3, -0.25) is 24.0 Å². The third-order valence-corrected chi connectivity index (χ3v) is 4.55. The molecule has 12 heteroatoms. The maximum atomic E-state index is 11.8. The number of ether oxygens (including phenoxy) is 6. The highest BCUT2D eigenvalue weighted by molar-refractivity contribution is 5.96. The Kier molecular flexibility index (Phi) is 8.96. The second-order valence-electron chi connectivity index (χ2n) is 7.42. The molecule has 1 aliphatic heterocycles. The average Bonchev–Trinajstić information content (AvgIpc) is 2.69. The Bertz CT molecular complexity index is 955. The molecule has 0 unspecified atom stereocenters. The Morgan fingerprint density at radius 3 is 1.88 bits per heavy atom. The number of esters is 4. The van der Waals surface area contributed by atoms with E-state index in [0.29, 0.717) is 0 Å². The molecule has 1 aromatic carbocycles. The lowest BCUT2D eigenvalue weighted by Crippen LogP contribution is -2.63. The summed E-state index contributed by atoms with van der Waals surface area (Å²) in [7, 11) is 0. The lowest BCUT2D eigenvalue weighted by atomic mass is 9.98. The molecular formula is C22H26O12. The summed E-state index contributed by atoms with van der Waals surface area (Å²) in [6, 6.07) is 3.83. The van der Waals surface area contributed by atoms with Gasteiger partial charge >= 0.3 is 23.9 Å². The molecule has 1 heterocycles. The Balaban J connectivity index is 2.47. The van der Waals surface area contributed by atoms with Crippen LogP contribution in [-0.2, 0) is 42.9 Å². The smallest absolute Gasteiger partial charge is 0.303 e. The molecular weight excluding hydrogens is 456 g/mol. The van der Waals surface area contributed by atoms with Crippen molar-refractivity contribution in [3.8, 4) is 11.5 Å². The van der Waals surface area contributed by atoms with E-state index in [2.05, 4.69) is 0 Å². The van der Waals surface area contributed by atoms with Gasteiger partial charge < -0.3 is 33.5 Å². The van der Waals surface area contributed by atoms with Gasteiger partial charge in [-0.1, -0.05) is 0 Å². The molecule has 0 radical (unpaired) electrons. The van der Waals surface area contributed by atoms with Crippen LogP contribution in [0.25, 0.3) is 0 Å². The number of Topliss-reactive ketones (excluding diaryl/α,β-unsaturated/α-hetero) is 1. The highest BCUT2D eigenvalue weighted by Gasteiger charge is 2.53. The second-order valence-corrected chi connectivity index (χ2v) is 7.42. The predicted molar refractivity (Wildman–Crippen MR) is 111 cm³/mol. The van der Waals surface area contributed by atoms with Gasteiger partial charge in [0.2, 0.25) is 12.4 Å². The van der Waals surface area contributed by atoms with Crippen molar-refractivity contribution in [2.24, 2.45) is 0 Å². The maximum absolute atomic E-state index is 11.8. The van der Waals surface area contributed by atoms with Crippen molar-refractivity contribution in [3.63, 3.8) is 0 Å². The van der Waals surface area contributed by atoms with Gasteiger partial charge in [0.15, 0.2) is 18.0 Å². The van der Waals surface area contributed by atoms with Crippen molar-refractivity contribution in [2.75, 3.05) is 6.61 Å². The Labute approximate surface area is 195 Å². The van der Waals surface area contributed by atoms with E-state index < -0.39 is 61.2 Å². The SMILES string of the molecule is CC(=O)OC[C@H]1O[C@H](Oc2ccc(C(C)=O)c(O)c2)[C@H](OC(C)=O)[C@H](OC(C)=O)[C@@H]1OC(C)=O. The number of hydrogen-bond acceptors (Lipinski definition) is 12. The molecule has 1 aromatic rings. The summed E-state index contributed by atoms with van der Waals surface area (Å²) in [6.07, 6.45) is -6.77. The zero-order valence-corrected chi connectivity index (χ0v) is 19.3. The van der Waals surface area contributed by atoms with E-state index in [1.54, 1.807) is 0 Å². The third-order valence-electron chi connectivity index (χ3n) is 4.55. The molecule has 2 rings (SSSR count). The number of ketones is 1. The number of phenols is 1. The van der Waals surface area contributed by atoms with Crippen LogP contribution >= 0.6 is 0 Å². The van der Waals surface area contributed by atoms with Crippen LogP contribution in [0.5, 0.6) is 11.5 Å². The Hall–Kier alpha value is -3.67. The molecule has 1 aliphatic rings. The number of aromatic hydroxyl groups is 1. The summed E-state index contributed by atoms with van der Waals surface area (Å²) in [5.41, 5.74) is 0.0499. The zero-order valence-electron chi connectivity index (χ0n) is 19.3. The van der Waals surface area contributed by atoms with Crippen LogP contribution in [0.4, 0.5) is 0 Å². The first-order chi connectivity index (χ1) is 15.9. The molecule has 186 valence electrons. The largest absolute Gasteiger partial charge is 0.507 e. The van der Waals surface area contributed by atoms with Crippen LogP contribution < -0.4 is 4.74 Å². The molecule has 1 saturated heterocycles. The van der Waals surface area contributed by atoms with Gasteiger partial charge in [-0.2, -0.15) is 0 Å². The second kappa shape index (κ2) is 11.5. The van der Waals surface area contributed by atoms with E-state index in [1.165, 1.54) is 19.1 Å². The monoisotopic (exact) mass is 482 g/mol. The average molecular weight is 482 g/mol. The van der Waals surface area contributed by atoms with E-state index in [9.17, 15) is 29.1 Å². The lowest BCUT2D eigenvalue weighted by Gasteiger charge is -2.43. The molecule has 5 atom stereocenters. The molecule has 0 saturated carbocycles. The summed E-state index contributed by atoms with van der Waals surface area (Å²) in [5, 5.41) is 10.1. The van der Waals surface area contributed by atoms with Crippen LogP contribution in [0.15, 0.2) is 18.2 Å². The van der Waals surface area contributed by atoms with Crippen LogP contribution in [-0.4, -0.2) is 72.1 Å². The number of carbonyl (C=O) groups excluding carboxylic acids is 5. The third kappa shape index (κ3) is 7.17. The summed E-state index contributed by atoms with van der Waals surface area (Å²) in [5.74, 6) is -3.71. The molecule has 34 heavy (non-hydrogen) atoms. The molecule has 0 aliphatic carbocycles. The minimum absolute atomic E-state index is 0.0170. The number of phenolic OH excluding ortho intramolecular Hbond substituents is 1. The highest BCUT2D eigenvalue weighted by atomic mass is 16.7. The van der Waals surface area contributed by atoms with Gasteiger partial charge in [0.25, 0.3) is 0 Å². The quantitative estimate of drug-likeness (QED) is 0.319. The van der Waals surface area contributed by atoms with Crippen LogP contribution in [0.3, 0.4) is 0 Å². The zero-order chi connectivity index (χ0) is 25.6. The first-order valence-corrected chi connectivity index (χ1v) is 10.2. The normalized spacial score (nSPS) is 23.9. The van der Waals surface area contributed by atoms with Gasteiger partial charge in [-0.05, 0) is 19.1 Å². The van der Waals surface area contributed by atoms with Crippen molar-refractivity contribution in [1.82, 2.24) is 0 Å². The van der Waals surface area contributed by atoms with Gasteiger partial charge in [-0.15, -0.1) is 0 Å². The first kappa shape index (κ1) is 26.6. The van der Waals surface area contributed by atoms with E-state index >= 15 is 0 Å². The predicted octanol–water partition coefficient (Wildman–Crippen LogP) is 1.06. The fourth-order valence-corrected chi connectivity index (χ4v) is 3.30. The minimum Gasteiger partial charge on any atom is -0.507 e. The Morgan fingerprint density at radius 1 is 0.824 bits per heavy atom. The molecule has 0 aromatic heterocycles. The fraction of sp³-hybridized carbons (Fsp3) is 0.500. The first-order valence-electron chi connectivity index (χ1n) is 10.2. The van der Waals surface area contributed by atoms with Gasteiger partial charge in [0.1, 0.15) is 24.2 Å². The van der Waals surface area contributed by atoms with E-state index in [-0.39, 0.29) is 22.8 Å². The number of hydrogen-bond donors (Lipinski definition) is 1. The molecule has 0 spiro atoms. The van der Waals surface area contributed by atoms with Crippen molar-refractivity contribution in [1.29, 1.82) is 0 Å². The topological polar surface area (TPSA) is 161 Å². The van der Waals surface area contributed by atoms with Crippen molar-refractivity contribution < 1.29 is 57.5 Å². The molecule has 1 fully saturated rings. The molecule has 0 bridgehead atoms. The molecule has 12 nitrogen and oxygen atoms in total. The highest BCUT2D eigenvalue weighted by Crippen LogP contribution is 2.32. The van der Waals surface area contributed by atoms with Crippen LogP contribution in [0.1, 0.15) is 45.0 Å². The fourth-order valence-electron chi connectivity index (χ4n) is 3.30. The maximum Gasteiger partial charge on any atom is 0.303 e. The minimum atomic E-state index is -1.46. The lowest BCUT2D eigenvalue weighted by molar-refractivity contribution is -0.288. The number of carbonyl (C=O) groups is 5. The summed E-state index contributed by atoms with van der Waals surface area (Å²) < 4.78 is 32.4. The van der Waals surface area contributed by atoms with Crippen LogP contribution in [0, 0.1) is 0 Å². The number of benzene rings is 1. The Morgan fingerprint density at radius 2 is 1.38 bits per heavy atom. The van der Waals surface area contributed by atoms with Crippen molar-refractivity contribution in [2.45, 2.75) is 65.3 Å². The standard InChI is InChI=1S/C22H26O12/c1-10(23)16-7-6-15(8-17(16)28)33-22-21(32-14(5)27)20(31-13(4)26)19(30-12(3)25)18(34-22)9-29-11(2)24/h6-8,18-22,28H,9H2,1-5H3/t18-,19-,20-,21-,22+/m1/s1. The van der Waals surface area contributed by atoms with Crippen LogP contribution in [0.2, 0.25) is 0 Å². The van der Waals surface area contributed by atoms with E-state index in [1.807, 2.05) is 0 Å². The van der Waals surface area contributed by atoms with Gasteiger partial charge in [-0.25, -0.2) is 0 Å². The summed E-state index contributed by atoms with van der Waals surface area (Å²) in [6.45, 7) is 5.32. The molecule has 1 N–H and O–H groups in total. The van der Waals surface area contributed by atoms with Crippen molar-refractivity contribution in [3.05, 3.63) is 23.8 Å². The van der Waals surface area contributed by atoms with E-state index in [4.69, 9.17) is 28.4 Å². The number of rotatable bonds is 8. The summed E-state index contributed by atoms with van der Waals surface area (Å²) in [4.78, 5) is 58.3. The summed E-state index contributed by atoms with van der Waals surface area (Å²) >= 11 is 0. The van der Waals surface area contributed by atoms with Crippen molar-refractivity contribution >= 4 is 29.7 Å².